The third-order valence-electron chi connectivity index (χ3n) is 3.42. The summed E-state index contributed by atoms with van der Waals surface area (Å²) < 4.78 is 40.0. The van der Waals surface area contributed by atoms with Gasteiger partial charge in [-0.3, -0.25) is 9.97 Å². The molecule has 0 N–H and O–H groups in total. The molecule has 0 radical (unpaired) electrons. The number of ether oxygens (including phenoxy) is 2. The number of benzene rings is 2. The van der Waals surface area contributed by atoms with Gasteiger partial charge in [0, 0.05) is 28.5 Å². The summed E-state index contributed by atoms with van der Waals surface area (Å²) in [6, 6.07) is 4.40. The SMILES string of the molecule is COc1cc(OC)c(F)c(-c2ccc(Br)c3nccnc23)c1F. The van der Waals surface area contributed by atoms with Gasteiger partial charge in [-0.1, -0.05) is 6.07 Å². The predicted molar refractivity (Wildman–Crippen MR) is 85.7 cm³/mol. The summed E-state index contributed by atoms with van der Waals surface area (Å²) in [4.78, 5) is 8.40. The Kier molecular flexibility index (Phi) is 4.12. The normalized spacial score (nSPS) is 10.8. The van der Waals surface area contributed by atoms with Gasteiger partial charge < -0.3 is 9.47 Å². The summed E-state index contributed by atoms with van der Waals surface area (Å²) in [5.41, 5.74) is 0.878. The number of aromatic nitrogens is 2. The van der Waals surface area contributed by atoms with Crippen molar-refractivity contribution >= 4 is 27.0 Å². The molecule has 0 saturated heterocycles. The van der Waals surface area contributed by atoms with Crippen LogP contribution < -0.4 is 9.47 Å². The fourth-order valence-electron chi connectivity index (χ4n) is 2.35. The third-order valence-corrected chi connectivity index (χ3v) is 4.06. The molecule has 0 aliphatic rings. The lowest BCUT2D eigenvalue weighted by Crippen LogP contribution is -2.00. The lowest BCUT2D eigenvalue weighted by molar-refractivity contribution is 0.360. The number of fused-ring (bicyclic) bond motifs is 1. The highest BCUT2D eigenvalue weighted by Crippen LogP contribution is 2.40. The molecule has 0 saturated carbocycles. The topological polar surface area (TPSA) is 44.2 Å². The van der Waals surface area contributed by atoms with E-state index >= 15 is 0 Å². The standard InChI is InChI=1S/C16H11BrF2N2O2/c1-22-10-7-11(23-2)14(19)12(13(10)18)8-3-4-9(17)16-15(8)20-5-6-21-16/h3-7H,1-2H3. The van der Waals surface area contributed by atoms with Gasteiger partial charge in [0.1, 0.15) is 5.52 Å². The van der Waals surface area contributed by atoms with Crippen molar-refractivity contribution in [3.63, 3.8) is 0 Å². The molecule has 0 bridgehead atoms. The Hall–Kier alpha value is -2.28. The van der Waals surface area contributed by atoms with Crippen LogP contribution in [0.3, 0.4) is 0 Å². The monoisotopic (exact) mass is 380 g/mol. The van der Waals surface area contributed by atoms with Crippen molar-refractivity contribution in [1.29, 1.82) is 0 Å². The van der Waals surface area contributed by atoms with E-state index in [4.69, 9.17) is 9.47 Å². The minimum Gasteiger partial charge on any atom is -0.494 e. The van der Waals surface area contributed by atoms with Gasteiger partial charge in [0.05, 0.1) is 25.3 Å². The second-order valence-corrected chi connectivity index (χ2v) is 5.49. The van der Waals surface area contributed by atoms with Crippen LogP contribution in [0.5, 0.6) is 11.5 Å². The molecular formula is C16H11BrF2N2O2. The van der Waals surface area contributed by atoms with Crippen molar-refractivity contribution < 1.29 is 18.3 Å². The highest BCUT2D eigenvalue weighted by Gasteiger charge is 2.23. The zero-order valence-corrected chi connectivity index (χ0v) is 13.8. The summed E-state index contributed by atoms with van der Waals surface area (Å²) in [5.74, 6) is -1.86. The molecule has 23 heavy (non-hydrogen) atoms. The summed E-state index contributed by atoms with van der Waals surface area (Å²) in [7, 11) is 2.61. The number of halogens is 3. The van der Waals surface area contributed by atoms with Crippen LogP contribution in [0, 0.1) is 11.6 Å². The Morgan fingerprint density at radius 3 is 2.04 bits per heavy atom. The Labute approximate surface area is 139 Å². The Bertz CT molecular complexity index is 875. The van der Waals surface area contributed by atoms with E-state index in [-0.39, 0.29) is 22.6 Å². The maximum Gasteiger partial charge on any atom is 0.176 e. The Morgan fingerprint density at radius 1 is 0.913 bits per heavy atom. The van der Waals surface area contributed by atoms with Crippen molar-refractivity contribution in [2.75, 3.05) is 14.2 Å². The average molecular weight is 381 g/mol. The third kappa shape index (κ3) is 2.50. The average Bonchev–Trinajstić information content (AvgIpc) is 2.57. The van der Waals surface area contributed by atoms with Crippen LogP contribution >= 0.6 is 15.9 Å². The quantitative estimate of drug-likeness (QED) is 0.677. The molecule has 2 aromatic carbocycles. The number of nitrogens with zero attached hydrogens (tertiary/aromatic N) is 2. The second kappa shape index (κ2) is 6.08. The molecule has 3 aromatic rings. The van der Waals surface area contributed by atoms with Crippen LogP contribution in [-0.4, -0.2) is 24.2 Å². The van der Waals surface area contributed by atoms with Gasteiger partial charge in [-0.2, -0.15) is 0 Å². The molecule has 7 heteroatoms. The highest BCUT2D eigenvalue weighted by atomic mass is 79.9. The first-order valence-electron chi connectivity index (χ1n) is 6.58. The zero-order chi connectivity index (χ0) is 16.6. The van der Waals surface area contributed by atoms with E-state index in [1.807, 2.05) is 0 Å². The number of hydrogen-bond donors (Lipinski definition) is 0. The molecule has 1 heterocycles. The molecule has 1 aromatic heterocycles. The smallest absolute Gasteiger partial charge is 0.176 e. The summed E-state index contributed by atoms with van der Waals surface area (Å²) >= 11 is 3.36. The molecule has 0 spiro atoms. The summed E-state index contributed by atoms with van der Waals surface area (Å²) in [6.07, 6.45) is 2.97. The number of methoxy groups -OCH3 is 2. The molecule has 0 unspecified atom stereocenters. The minimum atomic E-state index is -0.819. The van der Waals surface area contributed by atoms with Crippen LogP contribution in [0.2, 0.25) is 0 Å². The van der Waals surface area contributed by atoms with E-state index in [0.29, 0.717) is 15.5 Å². The molecular weight excluding hydrogens is 370 g/mol. The van der Waals surface area contributed by atoms with Crippen LogP contribution in [-0.2, 0) is 0 Å². The van der Waals surface area contributed by atoms with Crippen molar-refractivity contribution in [2.45, 2.75) is 0 Å². The number of hydrogen-bond acceptors (Lipinski definition) is 4. The van der Waals surface area contributed by atoms with Gasteiger partial charge in [0.2, 0.25) is 0 Å². The molecule has 0 aliphatic carbocycles. The first-order valence-corrected chi connectivity index (χ1v) is 7.37. The molecule has 0 fully saturated rings. The van der Waals surface area contributed by atoms with E-state index in [9.17, 15) is 8.78 Å². The van der Waals surface area contributed by atoms with Gasteiger partial charge in [-0.05, 0) is 22.0 Å². The van der Waals surface area contributed by atoms with Crippen molar-refractivity contribution in [2.24, 2.45) is 0 Å². The van der Waals surface area contributed by atoms with Crippen LogP contribution in [0.4, 0.5) is 8.78 Å². The molecule has 4 nitrogen and oxygen atoms in total. The maximum atomic E-state index is 14.7. The van der Waals surface area contributed by atoms with Crippen molar-refractivity contribution in [3.8, 4) is 22.6 Å². The first-order chi connectivity index (χ1) is 11.1. The van der Waals surface area contributed by atoms with Crippen LogP contribution in [0.15, 0.2) is 35.1 Å². The van der Waals surface area contributed by atoms with Gasteiger partial charge in [-0.15, -0.1) is 0 Å². The van der Waals surface area contributed by atoms with E-state index < -0.39 is 11.6 Å². The molecule has 3 rings (SSSR count). The highest BCUT2D eigenvalue weighted by molar-refractivity contribution is 9.10. The van der Waals surface area contributed by atoms with Gasteiger partial charge in [0.15, 0.2) is 23.1 Å². The van der Waals surface area contributed by atoms with E-state index in [1.165, 1.54) is 32.7 Å². The fourth-order valence-corrected chi connectivity index (χ4v) is 2.77. The molecule has 0 atom stereocenters. The second-order valence-electron chi connectivity index (χ2n) is 4.63. The van der Waals surface area contributed by atoms with Crippen molar-refractivity contribution in [3.05, 3.63) is 46.7 Å². The van der Waals surface area contributed by atoms with E-state index in [1.54, 1.807) is 12.1 Å². The Balaban J connectivity index is 2.42. The van der Waals surface area contributed by atoms with E-state index in [2.05, 4.69) is 25.9 Å². The molecule has 118 valence electrons. The van der Waals surface area contributed by atoms with Crippen molar-refractivity contribution in [1.82, 2.24) is 9.97 Å². The summed E-state index contributed by atoms with van der Waals surface area (Å²) in [5, 5.41) is 0. The first kappa shape index (κ1) is 15.6. The van der Waals surface area contributed by atoms with Crippen LogP contribution in [0.25, 0.3) is 22.2 Å². The molecule has 0 amide bonds. The fraction of sp³-hybridized carbons (Fsp3) is 0.125. The number of rotatable bonds is 3. The van der Waals surface area contributed by atoms with Gasteiger partial charge in [-0.25, -0.2) is 8.78 Å². The van der Waals surface area contributed by atoms with Gasteiger partial charge in [0.25, 0.3) is 0 Å². The predicted octanol–water partition coefficient (Wildman–Crippen LogP) is 4.35. The summed E-state index contributed by atoms with van der Waals surface area (Å²) in [6.45, 7) is 0. The van der Waals surface area contributed by atoms with Gasteiger partial charge >= 0.3 is 0 Å². The Morgan fingerprint density at radius 2 is 1.48 bits per heavy atom. The molecule has 0 aliphatic heterocycles. The largest absolute Gasteiger partial charge is 0.494 e. The van der Waals surface area contributed by atoms with Crippen LogP contribution in [0.1, 0.15) is 0 Å². The van der Waals surface area contributed by atoms with E-state index in [0.717, 1.165) is 0 Å². The lowest BCUT2D eigenvalue weighted by Gasteiger charge is -2.14. The minimum absolute atomic E-state index is 0.113. The maximum absolute atomic E-state index is 14.7. The lowest BCUT2D eigenvalue weighted by atomic mass is 10.0. The zero-order valence-electron chi connectivity index (χ0n) is 12.2.